The van der Waals surface area contributed by atoms with Crippen molar-refractivity contribution in [2.24, 2.45) is 0 Å². The van der Waals surface area contributed by atoms with Gasteiger partial charge in [0.1, 0.15) is 5.75 Å². The highest BCUT2D eigenvalue weighted by atomic mass is 35.5. The summed E-state index contributed by atoms with van der Waals surface area (Å²) in [5.74, 6) is 0.768. The maximum Gasteiger partial charge on any atom is 0.224 e. The molecule has 0 aliphatic rings. The fourth-order valence-electron chi connectivity index (χ4n) is 2.52. The molecule has 0 aliphatic heterocycles. The van der Waals surface area contributed by atoms with Crippen LogP contribution in [-0.2, 0) is 11.2 Å². The van der Waals surface area contributed by atoms with E-state index < -0.39 is 0 Å². The summed E-state index contributed by atoms with van der Waals surface area (Å²) in [6.45, 7) is 0.506. The van der Waals surface area contributed by atoms with Crippen LogP contribution in [0.5, 0.6) is 5.75 Å². The Labute approximate surface area is 148 Å². The van der Waals surface area contributed by atoms with E-state index in [-0.39, 0.29) is 11.9 Å². The zero-order chi connectivity index (χ0) is 17.5. The molecular weight excluding hydrogens is 324 g/mol. The lowest BCUT2D eigenvalue weighted by atomic mass is 10.1. The first-order valence-electron chi connectivity index (χ1n) is 7.81. The lowest BCUT2D eigenvalue weighted by Crippen LogP contribution is -2.35. The topological polar surface area (TPSA) is 41.6 Å². The Bertz CT molecular complexity index is 671. The third-order valence-electron chi connectivity index (χ3n) is 3.90. The van der Waals surface area contributed by atoms with E-state index in [1.807, 2.05) is 62.6 Å². The van der Waals surface area contributed by atoms with Crippen LogP contribution in [0.15, 0.2) is 48.5 Å². The van der Waals surface area contributed by atoms with Gasteiger partial charge in [-0.2, -0.15) is 0 Å². The number of ether oxygens (including phenoxy) is 1. The Kier molecular flexibility index (Phi) is 6.64. The Hall–Kier alpha value is -2.04. The number of nitrogens with zero attached hydrogens (tertiary/aromatic N) is 1. The van der Waals surface area contributed by atoms with E-state index in [0.717, 1.165) is 16.9 Å². The largest absolute Gasteiger partial charge is 0.497 e. The molecule has 0 spiro atoms. The second kappa shape index (κ2) is 8.71. The summed E-state index contributed by atoms with van der Waals surface area (Å²) >= 11 is 6.29. The zero-order valence-electron chi connectivity index (χ0n) is 14.3. The molecule has 0 saturated heterocycles. The molecule has 4 nitrogen and oxygen atoms in total. The number of halogens is 1. The molecule has 2 aromatic rings. The molecule has 5 heteroatoms. The molecular formula is C19H23ClN2O2. The standard InChI is InChI=1S/C19H23ClN2O2/c1-22(2)18(16-6-4-5-7-17(16)20)13-21-19(23)12-14-8-10-15(24-3)11-9-14/h4-11,18H,12-13H2,1-3H3,(H,21,23). The minimum atomic E-state index is -0.0147. The van der Waals surface area contributed by atoms with Gasteiger partial charge in [0.25, 0.3) is 0 Å². The average molecular weight is 347 g/mol. The monoisotopic (exact) mass is 346 g/mol. The lowest BCUT2D eigenvalue weighted by Gasteiger charge is -2.26. The quantitative estimate of drug-likeness (QED) is 0.836. The summed E-state index contributed by atoms with van der Waals surface area (Å²) in [7, 11) is 5.57. The van der Waals surface area contributed by atoms with Gasteiger partial charge in [-0.3, -0.25) is 4.79 Å². The predicted octanol–water partition coefficient (Wildman–Crippen LogP) is 3.31. The van der Waals surface area contributed by atoms with Crippen LogP contribution in [0.1, 0.15) is 17.2 Å². The van der Waals surface area contributed by atoms with Crippen LogP contribution in [0, 0.1) is 0 Å². The van der Waals surface area contributed by atoms with Crippen molar-refractivity contribution in [1.82, 2.24) is 10.2 Å². The van der Waals surface area contributed by atoms with E-state index >= 15 is 0 Å². The van der Waals surface area contributed by atoms with E-state index in [2.05, 4.69) is 10.2 Å². The maximum atomic E-state index is 12.2. The number of carbonyl (C=O) groups excluding carboxylic acids is 1. The van der Waals surface area contributed by atoms with Crippen LogP contribution < -0.4 is 10.1 Å². The van der Waals surface area contributed by atoms with E-state index in [1.54, 1.807) is 7.11 Å². The van der Waals surface area contributed by atoms with Crippen LogP contribution in [0.25, 0.3) is 0 Å². The lowest BCUT2D eigenvalue weighted by molar-refractivity contribution is -0.120. The number of hydrogen-bond donors (Lipinski definition) is 1. The summed E-state index contributed by atoms with van der Waals surface area (Å²) in [4.78, 5) is 14.3. The van der Waals surface area contributed by atoms with Crippen molar-refractivity contribution in [2.45, 2.75) is 12.5 Å². The molecule has 0 bridgehead atoms. The van der Waals surface area contributed by atoms with Crippen LogP contribution in [0.2, 0.25) is 5.02 Å². The highest BCUT2D eigenvalue weighted by Crippen LogP contribution is 2.25. The first-order chi connectivity index (χ1) is 11.5. The SMILES string of the molecule is COc1ccc(CC(=O)NCC(c2ccccc2Cl)N(C)C)cc1. The first kappa shape index (κ1) is 18.3. The minimum Gasteiger partial charge on any atom is -0.497 e. The smallest absolute Gasteiger partial charge is 0.224 e. The van der Waals surface area contributed by atoms with Gasteiger partial charge >= 0.3 is 0 Å². The number of methoxy groups -OCH3 is 1. The summed E-state index contributed by atoms with van der Waals surface area (Å²) in [5, 5.41) is 3.71. The molecule has 1 N–H and O–H groups in total. The van der Waals surface area contributed by atoms with Gasteiger partial charge in [0, 0.05) is 11.6 Å². The van der Waals surface area contributed by atoms with Gasteiger partial charge in [0.05, 0.1) is 19.6 Å². The molecule has 128 valence electrons. The van der Waals surface area contributed by atoms with Crippen LogP contribution in [0.4, 0.5) is 0 Å². The number of likely N-dealkylation sites (N-methyl/N-ethyl adjacent to an activating group) is 1. The Morgan fingerprint density at radius 2 is 1.83 bits per heavy atom. The normalized spacial score (nSPS) is 12.0. The van der Waals surface area contributed by atoms with Gasteiger partial charge in [0.15, 0.2) is 0 Å². The molecule has 24 heavy (non-hydrogen) atoms. The van der Waals surface area contributed by atoms with Gasteiger partial charge in [-0.1, -0.05) is 41.9 Å². The van der Waals surface area contributed by atoms with E-state index in [0.29, 0.717) is 18.0 Å². The highest BCUT2D eigenvalue weighted by molar-refractivity contribution is 6.31. The molecule has 0 radical (unpaired) electrons. The Morgan fingerprint density at radius 3 is 2.42 bits per heavy atom. The number of rotatable bonds is 7. The number of hydrogen-bond acceptors (Lipinski definition) is 3. The van der Waals surface area contributed by atoms with Crippen LogP contribution in [-0.4, -0.2) is 38.6 Å². The third kappa shape index (κ3) is 4.98. The van der Waals surface area contributed by atoms with E-state index in [9.17, 15) is 4.79 Å². The third-order valence-corrected chi connectivity index (χ3v) is 4.25. The van der Waals surface area contributed by atoms with Crippen molar-refractivity contribution < 1.29 is 9.53 Å². The molecule has 0 saturated carbocycles. The molecule has 0 heterocycles. The van der Waals surface area contributed by atoms with Gasteiger partial charge < -0.3 is 15.0 Å². The molecule has 2 aromatic carbocycles. The molecule has 0 aromatic heterocycles. The molecule has 1 atom stereocenters. The summed E-state index contributed by atoms with van der Waals surface area (Å²) in [6, 6.07) is 15.3. The summed E-state index contributed by atoms with van der Waals surface area (Å²) in [6.07, 6.45) is 0.340. The second-order valence-electron chi connectivity index (χ2n) is 5.83. The maximum absolute atomic E-state index is 12.2. The highest BCUT2D eigenvalue weighted by Gasteiger charge is 2.17. The summed E-state index contributed by atoms with van der Waals surface area (Å²) < 4.78 is 5.12. The Balaban J connectivity index is 1.96. The van der Waals surface area contributed by atoms with Gasteiger partial charge in [-0.25, -0.2) is 0 Å². The fourth-order valence-corrected chi connectivity index (χ4v) is 2.78. The van der Waals surface area contributed by atoms with E-state index in [4.69, 9.17) is 16.3 Å². The van der Waals surface area contributed by atoms with Crippen molar-refractivity contribution in [3.8, 4) is 5.75 Å². The number of carbonyl (C=O) groups is 1. The van der Waals surface area contributed by atoms with Crippen LogP contribution in [0.3, 0.4) is 0 Å². The van der Waals surface area contributed by atoms with Crippen molar-refractivity contribution in [3.63, 3.8) is 0 Å². The van der Waals surface area contributed by atoms with Gasteiger partial charge in [-0.15, -0.1) is 0 Å². The van der Waals surface area contributed by atoms with Crippen molar-refractivity contribution in [2.75, 3.05) is 27.7 Å². The Morgan fingerprint density at radius 1 is 1.17 bits per heavy atom. The zero-order valence-corrected chi connectivity index (χ0v) is 15.0. The average Bonchev–Trinajstić information content (AvgIpc) is 2.57. The predicted molar refractivity (Wildman–Crippen MR) is 97.6 cm³/mol. The van der Waals surface area contributed by atoms with Crippen molar-refractivity contribution in [3.05, 3.63) is 64.7 Å². The second-order valence-corrected chi connectivity index (χ2v) is 6.24. The molecule has 0 fully saturated rings. The minimum absolute atomic E-state index is 0.0147. The molecule has 1 amide bonds. The van der Waals surface area contributed by atoms with Gasteiger partial charge in [-0.05, 0) is 43.4 Å². The number of amides is 1. The van der Waals surface area contributed by atoms with E-state index in [1.165, 1.54) is 0 Å². The summed E-state index contributed by atoms with van der Waals surface area (Å²) in [5.41, 5.74) is 1.96. The number of benzene rings is 2. The number of nitrogens with one attached hydrogen (secondary N) is 1. The molecule has 2 rings (SSSR count). The van der Waals surface area contributed by atoms with Crippen molar-refractivity contribution in [1.29, 1.82) is 0 Å². The molecule has 1 unspecified atom stereocenters. The van der Waals surface area contributed by atoms with Crippen LogP contribution >= 0.6 is 11.6 Å². The molecule has 0 aliphatic carbocycles. The fraction of sp³-hybridized carbons (Fsp3) is 0.316. The van der Waals surface area contributed by atoms with Gasteiger partial charge in [0.2, 0.25) is 5.91 Å². The first-order valence-corrected chi connectivity index (χ1v) is 8.19. The van der Waals surface area contributed by atoms with Crippen molar-refractivity contribution >= 4 is 17.5 Å².